The summed E-state index contributed by atoms with van der Waals surface area (Å²) in [5.74, 6) is 0. The Balaban J connectivity index is 2.98. The molecule has 4 heteroatoms. The summed E-state index contributed by atoms with van der Waals surface area (Å²) in [6.07, 6.45) is 0.0277. The lowest BCUT2D eigenvalue weighted by molar-refractivity contribution is 0.0688. The van der Waals surface area contributed by atoms with Gasteiger partial charge in [-0.15, -0.1) is 0 Å². The zero-order chi connectivity index (χ0) is 13.1. The summed E-state index contributed by atoms with van der Waals surface area (Å²) >= 11 is 3.54. The highest BCUT2D eigenvalue weighted by Gasteiger charge is 2.30. The topological polar surface area (TPSA) is 47.3 Å². The third-order valence-electron chi connectivity index (χ3n) is 3.22. The molecule has 17 heavy (non-hydrogen) atoms. The van der Waals surface area contributed by atoms with Gasteiger partial charge < -0.3 is 15.8 Å². The molecule has 2 atom stereocenters. The van der Waals surface area contributed by atoms with Crippen LogP contribution >= 0.6 is 15.9 Å². The molecule has 0 aromatic heterocycles. The summed E-state index contributed by atoms with van der Waals surface area (Å²) in [7, 11) is 1.70. The van der Waals surface area contributed by atoms with Crippen molar-refractivity contribution in [2.75, 3.05) is 19.0 Å². The summed E-state index contributed by atoms with van der Waals surface area (Å²) in [5.41, 5.74) is 7.83. The highest BCUT2D eigenvalue weighted by atomic mass is 79.9. The largest absolute Gasteiger partial charge is 0.379 e. The highest BCUT2D eigenvalue weighted by molar-refractivity contribution is 9.10. The van der Waals surface area contributed by atoms with Gasteiger partial charge >= 0.3 is 0 Å². The van der Waals surface area contributed by atoms with Crippen molar-refractivity contribution >= 4 is 21.6 Å². The normalized spacial score (nSPS) is 16.4. The van der Waals surface area contributed by atoms with Crippen LogP contribution in [-0.4, -0.2) is 25.3 Å². The van der Waals surface area contributed by atoms with Crippen molar-refractivity contribution in [3.05, 3.63) is 28.2 Å². The zero-order valence-corrected chi connectivity index (χ0v) is 12.5. The molecule has 0 saturated carbocycles. The van der Waals surface area contributed by atoms with Crippen LogP contribution in [-0.2, 0) is 4.74 Å². The molecular formula is C13H21BrN2O. The lowest BCUT2D eigenvalue weighted by Gasteiger charge is -2.36. The first kappa shape index (κ1) is 14.5. The Morgan fingerprint density at radius 1 is 1.53 bits per heavy atom. The minimum Gasteiger partial charge on any atom is -0.379 e. The zero-order valence-electron chi connectivity index (χ0n) is 10.9. The minimum atomic E-state index is -0.287. The van der Waals surface area contributed by atoms with Crippen molar-refractivity contribution in [2.24, 2.45) is 5.73 Å². The Hall–Kier alpha value is -0.580. The molecule has 0 bridgehead atoms. The maximum atomic E-state index is 5.86. The Morgan fingerprint density at radius 2 is 2.18 bits per heavy atom. The number of nitrogens with two attached hydrogens (primary N) is 1. The number of ether oxygens (including phenoxy) is 1. The van der Waals surface area contributed by atoms with Crippen LogP contribution in [0.3, 0.4) is 0 Å². The molecule has 3 N–H and O–H groups in total. The Labute approximate surface area is 112 Å². The fourth-order valence-corrected chi connectivity index (χ4v) is 1.97. The molecule has 3 nitrogen and oxygen atoms in total. The van der Waals surface area contributed by atoms with E-state index < -0.39 is 0 Å². The minimum absolute atomic E-state index is 0.0277. The Kier molecular flexibility index (Phi) is 4.98. The monoisotopic (exact) mass is 300 g/mol. The van der Waals surface area contributed by atoms with Gasteiger partial charge in [0.25, 0.3) is 0 Å². The van der Waals surface area contributed by atoms with Gasteiger partial charge in [-0.05, 0) is 54.4 Å². The highest BCUT2D eigenvalue weighted by Crippen LogP contribution is 2.27. The second-order valence-corrected chi connectivity index (χ2v) is 5.46. The van der Waals surface area contributed by atoms with Gasteiger partial charge in [0.05, 0.1) is 11.6 Å². The maximum Gasteiger partial charge on any atom is 0.0782 e. The van der Waals surface area contributed by atoms with Crippen LogP contribution in [0.5, 0.6) is 0 Å². The fraction of sp³-hybridized carbons (Fsp3) is 0.538. The average molecular weight is 301 g/mol. The van der Waals surface area contributed by atoms with Gasteiger partial charge in [0.1, 0.15) is 0 Å². The van der Waals surface area contributed by atoms with Gasteiger partial charge in [-0.25, -0.2) is 0 Å². The Morgan fingerprint density at radius 3 is 2.71 bits per heavy atom. The number of hydrogen-bond donors (Lipinski definition) is 2. The van der Waals surface area contributed by atoms with Gasteiger partial charge in [0.2, 0.25) is 0 Å². The van der Waals surface area contributed by atoms with E-state index in [4.69, 9.17) is 10.5 Å². The van der Waals surface area contributed by atoms with Gasteiger partial charge in [-0.2, -0.15) is 0 Å². The Bertz CT molecular complexity index is 384. The van der Waals surface area contributed by atoms with Gasteiger partial charge in [-0.1, -0.05) is 6.07 Å². The van der Waals surface area contributed by atoms with Crippen LogP contribution in [0, 0.1) is 6.92 Å². The number of nitrogens with one attached hydrogen (secondary N) is 1. The smallest absolute Gasteiger partial charge is 0.0782 e. The van der Waals surface area contributed by atoms with E-state index in [0.717, 1.165) is 10.2 Å². The van der Waals surface area contributed by atoms with E-state index in [-0.39, 0.29) is 11.6 Å². The molecule has 1 aromatic carbocycles. The number of hydrogen-bond acceptors (Lipinski definition) is 3. The third kappa shape index (κ3) is 3.44. The van der Waals surface area contributed by atoms with Gasteiger partial charge in [-0.3, -0.25) is 0 Å². The standard InChI is InChI=1S/C13H21BrN2O/c1-9-5-6-11(14)12(7-9)16-13(3,8-15)10(2)17-4/h5-7,10,16H,8,15H2,1-4H3. The van der Waals surface area contributed by atoms with Crippen LogP contribution in [0.1, 0.15) is 19.4 Å². The summed E-state index contributed by atoms with van der Waals surface area (Å²) in [6.45, 7) is 6.65. The molecule has 1 rings (SSSR count). The van der Waals surface area contributed by atoms with Gasteiger partial charge in [0, 0.05) is 23.8 Å². The molecule has 0 fully saturated rings. The molecule has 0 saturated heterocycles. The summed E-state index contributed by atoms with van der Waals surface area (Å²) < 4.78 is 6.42. The van der Waals surface area contributed by atoms with Gasteiger partial charge in [0.15, 0.2) is 0 Å². The van der Waals surface area contributed by atoms with E-state index in [2.05, 4.69) is 47.2 Å². The van der Waals surface area contributed by atoms with Crippen molar-refractivity contribution in [1.82, 2.24) is 0 Å². The van der Waals surface area contributed by atoms with E-state index in [0.29, 0.717) is 6.54 Å². The molecule has 0 spiro atoms. The van der Waals surface area contributed by atoms with E-state index in [1.165, 1.54) is 5.56 Å². The number of anilines is 1. The number of aryl methyl sites for hydroxylation is 1. The second-order valence-electron chi connectivity index (χ2n) is 4.61. The van der Waals surface area contributed by atoms with Crippen LogP contribution in [0.15, 0.2) is 22.7 Å². The van der Waals surface area contributed by atoms with Crippen molar-refractivity contribution < 1.29 is 4.74 Å². The lowest BCUT2D eigenvalue weighted by Crippen LogP contribution is -2.52. The van der Waals surface area contributed by atoms with Crippen LogP contribution in [0.25, 0.3) is 0 Å². The summed E-state index contributed by atoms with van der Waals surface area (Å²) in [6, 6.07) is 6.20. The lowest BCUT2D eigenvalue weighted by atomic mass is 9.95. The average Bonchev–Trinajstić information content (AvgIpc) is 2.32. The molecule has 0 heterocycles. The van der Waals surface area contributed by atoms with Crippen LogP contribution < -0.4 is 11.1 Å². The van der Waals surface area contributed by atoms with Crippen molar-refractivity contribution in [3.8, 4) is 0 Å². The number of rotatable bonds is 5. The predicted molar refractivity (Wildman–Crippen MR) is 76.4 cm³/mol. The molecule has 2 unspecified atom stereocenters. The first-order valence-corrected chi connectivity index (χ1v) is 6.49. The third-order valence-corrected chi connectivity index (χ3v) is 3.91. The van der Waals surface area contributed by atoms with E-state index in [9.17, 15) is 0 Å². The molecule has 0 radical (unpaired) electrons. The first-order valence-electron chi connectivity index (χ1n) is 5.70. The molecule has 0 aliphatic heterocycles. The van der Waals surface area contributed by atoms with Crippen LogP contribution in [0.2, 0.25) is 0 Å². The SMILES string of the molecule is COC(C)C(C)(CN)Nc1cc(C)ccc1Br. The molecule has 0 aliphatic rings. The molecule has 0 aliphatic carbocycles. The maximum absolute atomic E-state index is 5.86. The number of methoxy groups -OCH3 is 1. The van der Waals surface area contributed by atoms with Crippen molar-refractivity contribution in [1.29, 1.82) is 0 Å². The van der Waals surface area contributed by atoms with E-state index >= 15 is 0 Å². The molecular weight excluding hydrogens is 280 g/mol. The summed E-state index contributed by atoms with van der Waals surface area (Å²) in [5, 5.41) is 3.47. The second kappa shape index (κ2) is 5.85. The van der Waals surface area contributed by atoms with Crippen molar-refractivity contribution in [2.45, 2.75) is 32.4 Å². The van der Waals surface area contributed by atoms with Crippen LogP contribution in [0.4, 0.5) is 5.69 Å². The molecule has 96 valence electrons. The van der Waals surface area contributed by atoms with Crippen molar-refractivity contribution in [3.63, 3.8) is 0 Å². The number of benzene rings is 1. The number of halogens is 1. The quantitative estimate of drug-likeness (QED) is 0.879. The molecule has 0 amide bonds. The fourth-order valence-electron chi connectivity index (χ4n) is 1.62. The first-order chi connectivity index (χ1) is 7.92. The van der Waals surface area contributed by atoms with E-state index in [1.807, 2.05) is 13.0 Å². The summed E-state index contributed by atoms with van der Waals surface area (Å²) in [4.78, 5) is 0. The predicted octanol–water partition coefficient (Wildman–Crippen LogP) is 2.92. The molecule has 1 aromatic rings. The van der Waals surface area contributed by atoms with E-state index in [1.54, 1.807) is 7.11 Å².